The van der Waals surface area contributed by atoms with E-state index in [2.05, 4.69) is 15.4 Å². The maximum absolute atomic E-state index is 11.7. The Labute approximate surface area is 120 Å². The summed E-state index contributed by atoms with van der Waals surface area (Å²) in [5.41, 5.74) is 1.37. The topological polar surface area (TPSA) is 87.3 Å². The summed E-state index contributed by atoms with van der Waals surface area (Å²) >= 11 is 0. The van der Waals surface area contributed by atoms with Gasteiger partial charge in [-0.3, -0.25) is 4.79 Å². The number of amides is 1. The molecule has 0 spiro atoms. The molecule has 1 amide bonds. The molecule has 0 aliphatic heterocycles. The second-order valence-electron chi connectivity index (χ2n) is 4.28. The van der Waals surface area contributed by atoms with Gasteiger partial charge in [-0.2, -0.15) is 0 Å². The van der Waals surface area contributed by atoms with E-state index in [1.54, 1.807) is 31.2 Å². The molecule has 0 aliphatic rings. The van der Waals surface area contributed by atoms with Gasteiger partial charge in [-0.05, 0) is 31.7 Å². The zero-order valence-corrected chi connectivity index (χ0v) is 12.6. The van der Waals surface area contributed by atoms with E-state index in [1.165, 1.54) is 0 Å². The summed E-state index contributed by atoms with van der Waals surface area (Å²) < 4.78 is 25.1. The first-order valence-electron chi connectivity index (χ1n) is 6.47. The van der Waals surface area contributed by atoms with Gasteiger partial charge in [0, 0.05) is 25.2 Å². The second-order valence-corrected chi connectivity index (χ2v) is 6.38. The highest BCUT2D eigenvalue weighted by Crippen LogP contribution is 2.05. The van der Waals surface area contributed by atoms with Crippen molar-refractivity contribution in [1.29, 1.82) is 0 Å². The predicted molar refractivity (Wildman–Crippen MR) is 79.0 cm³/mol. The maximum Gasteiger partial charge on any atom is 0.251 e. The van der Waals surface area contributed by atoms with Crippen molar-refractivity contribution in [2.24, 2.45) is 0 Å². The van der Waals surface area contributed by atoms with Gasteiger partial charge in [0.05, 0.1) is 5.75 Å². The number of sulfonamides is 1. The molecule has 1 aromatic carbocycles. The average molecular weight is 299 g/mol. The lowest BCUT2D eigenvalue weighted by molar-refractivity contribution is 0.0954. The number of hydrogen-bond acceptors (Lipinski definition) is 4. The molecule has 0 aromatic heterocycles. The van der Waals surface area contributed by atoms with Gasteiger partial charge in [0.15, 0.2) is 0 Å². The summed E-state index contributed by atoms with van der Waals surface area (Å²) in [6.07, 6.45) is 0. The minimum Gasteiger partial charge on any atom is -0.351 e. The first kappa shape index (κ1) is 16.6. The molecule has 7 heteroatoms. The summed E-state index contributed by atoms with van der Waals surface area (Å²) in [7, 11) is -1.38. The van der Waals surface area contributed by atoms with E-state index in [0.717, 1.165) is 5.56 Å². The van der Waals surface area contributed by atoms with Gasteiger partial charge in [-0.1, -0.05) is 12.1 Å². The number of carbonyl (C=O) groups is 1. The number of carbonyl (C=O) groups excluding carboxylic acids is 1. The van der Waals surface area contributed by atoms with E-state index < -0.39 is 10.0 Å². The first-order valence-corrected chi connectivity index (χ1v) is 8.13. The van der Waals surface area contributed by atoms with Crippen LogP contribution in [0.3, 0.4) is 0 Å². The van der Waals surface area contributed by atoms with Gasteiger partial charge in [-0.25, -0.2) is 13.1 Å². The third kappa shape index (κ3) is 5.68. The maximum atomic E-state index is 11.7. The van der Waals surface area contributed by atoms with Crippen molar-refractivity contribution >= 4 is 15.9 Å². The van der Waals surface area contributed by atoms with Crippen LogP contribution in [0.25, 0.3) is 0 Å². The Morgan fingerprint density at radius 3 is 2.35 bits per heavy atom. The molecule has 0 bridgehead atoms. The van der Waals surface area contributed by atoms with Crippen molar-refractivity contribution in [3.63, 3.8) is 0 Å². The second kappa shape index (κ2) is 7.98. The molecule has 0 fully saturated rings. The minimum absolute atomic E-state index is 0.0545. The molecule has 112 valence electrons. The number of rotatable bonds is 8. The highest BCUT2D eigenvalue weighted by molar-refractivity contribution is 7.89. The van der Waals surface area contributed by atoms with Gasteiger partial charge < -0.3 is 10.6 Å². The molecule has 0 aliphatic carbocycles. The fraction of sp³-hybridized carbons (Fsp3) is 0.462. The molecule has 20 heavy (non-hydrogen) atoms. The van der Waals surface area contributed by atoms with E-state index >= 15 is 0 Å². The van der Waals surface area contributed by atoms with Crippen LogP contribution in [0.2, 0.25) is 0 Å². The molecule has 0 heterocycles. The van der Waals surface area contributed by atoms with Crippen molar-refractivity contribution in [2.75, 3.05) is 25.9 Å². The van der Waals surface area contributed by atoms with Crippen LogP contribution in [-0.2, 0) is 16.6 Å². The Hall–Kier alpha value is -1.44. The Morgan fingerprint density at radius 1 is 1.15 bits per heavy atom. The Bertz CT molecular complexity index is 526. The fourth-order valence-corrected chi connectivity index (χ4v) is 2.06. The lowest BCUT2D eigenvalue weighted by Crippen LogP contribution is -2.30. The number of likely N-dealkylation sites (N-methyl/N-ethyl adjacent to an activating group) is 1. The third-order valence-corrected chi connectivity index (χ3v) is 4.10. The van der Waals surface area contributed by atoms with E-state index in [-0.39, 0.29) is 18.2 Å². The summed E-state index contributed by atoms with van der Waals surface area (Å²) in [4.78, 5) is 11.7. The average Bonchev–Trinajstić information content (AvgIpc) is 2.46. The van der Waals surface area contributed by atoms with Gasteiger partial charge in [0.2, 0.25) is 10.0 Å². The lowest BCUT2D eigenvalue weighted by atomic mass is 10.1. The van der Waals surface area contributed by atoms with Gasteiger partial charge in [-0.15, -0.1) is 0 Å². The summed E-state index contributed by atoms with van der Waals surface area (Å²) in [5.74, 6) is -0.0835. The quantitative estimate of drug-likeness (QED) is 0.593. The zero-order chi connectivity index (χ0) is 15.0. The van der Waals surface area contributed by atoms with Crippen molar-refractivity contribution < 1.29 is 13.2 Å². The highest BCUT2D eigenvalue weighted by Gasteiger charge is 2.07. The highest BCUT2D eigenvalue weighted by atomic mass is 32.2. The molecule has 0 unspecified atom stereocenters. The van der Waals surface area contributed by atoms with E-state index in [1.807, 2.05) is 7.05 Å². The molecule has 0 atom stereocenters. The molecule has 3 N–H and O–H groups in total. The van der Waals surface area contributed by atoms with Crippen molar-refractivity contribution in [3.05, 3.63) is 35.4 Å². The zero-order valence-electron chi connectivity index (χ0n) is 11.8. The van der Waals surface area contributed by atoms with E-state index in [4.69, 9.17) is 0 Å². The van der Waals surface area contributed by atoms with Crippen LogP contribution < -0.4 is 15.4 Å². The van der Waals surface area contributed by atoms with E-state index in [9.17, 15) is 13.2 Å². The van der Waals surface area contributed by atoms with Crippen LogP contribution in [0.5, 0.6) is 0 Å². The minimum atomic E-state index is -3.20. The van der Waals surface area contributed by atoms with Gasteiger partial charge in [0.25, 0.3) is 5.91 Å². The molecule has 0 saturated carbocycles. The third-order valence-electron chi connectivity index (χ3n) is 2.75. The van der Waals surface area contributed by atoms with Crippen LogP contribution in [0.4, 0.5) is 0 Å². The van der Waals surface area contributed by atoms with Crippen LogP contribution in [0, 0.1) is 0 Å². The molecular formula is C13H21N3O3S. The number of nitrogens with one attached hydrogen (secondary N) is 3. The van der Waals surface area contributed by atoms with Crippen molar-refractivity contribution in [1.82, 2.24) is 15.4 Å². The predicted octanol–water partition coefficient (Wildman–Crippen LogP) is 0.0751. The Kier molecular flexibility index (Phi) is 6.63. The number of benzene rings is 1. The van der Waals surface area contributed by atoms with Crippen LogP contribution >= 0.6 is 0 Å². The van der Waals surface area contributed by atoms with Crippen LogP contribution in [0.1, 0.15) is 22.8 Å². The molecule has 6 nitrogen and oxygen atoms in total. The van der Waals surface area contributed by atoms with Crippen LogP contribution in [-0.4, -0.2) is 40.2 Å². The summed E-state index contributed by atoms with van der Waals surface area (Å²) in [6.45, 7) is 3.09. The molecule has 0 radical (unpaired) electrons. The Morgan fingerprint density at radius 2 is 1.80 bits per heavy atom. The van der Waals surface area contributed by atoms with Gasteiger partial charge >= 0.3 is 0 Å². The number of hydrogen-bond donors (Lipinski definition) is 3. The molecule has 1 rings (SSSR count). The SMILES string of the molecule is CCS(=O)(=O)NCc1ccc(C(=O)NCCNC)cc1. The van der Waals surface area contributed by atoms with Crippen LogP contribution in [0.15, 0.2) is 24.3 Å². The normalized spacial score (nSPS) is 11.3. The van der Waals surface area contributed by atoms with E-state index in [0.29, 0.717) is 18.7 Å². The fourth-order valence-electron chi connectivity index (χ4n) is 1.47. The Balaban J connectivity index is 2.54. The standard InChI is InChI=1S/C13H21N3O3S/c1-3-20(18,19)16-10-11-4-6-12(7-5-11)13(17)15-9-8-14-2/h4-7,14,16H,3,8-10H2,1-2H3,(H,15,17). The lowest BCUT2D eigenvalue weighted by Gasteiger charge is -2.07. The summed E-state index contributed by atoms with van der Waals surface area (Å²) in [6, 6.07) is 6.85. The monoisotopic (exact) mass is 299 g/mol. The van der Waals surface area contributed by atoms with Crippen molar-refractivity contribution in [3.8, 4) is 0 Å². The van der Waals surface area contributed by atoms with Crippen molar-refractivity contribution in [2.45, 2.75) is 13.5 Å². The first-order chi connectivity index (χ1) is 9.48. The molecular weight excluding hydrogens is 278 g/mol. The van der Waals surface area contributed by atoms with Gasteiger partial charge in [0.1, 0.15) is 0 Å². The smallest absolute Gasteiger partial charge is 0.251 e. The summed E-state index contributed by atoms with van der Waals surface area (Å²) in [5, 5.41) is 5.71. The molecule has 0 saturated heterocycles. The largest absolute Gasteiger partial charge is 0.351 e. The molecule has 1 aromatic rings.